The molecule has 1 fully saturated rings. The number of carbonyl (C=O) groups excluding carboxylic acids is 2. The van der Waals surface area contributed by atoms with E-state index in [2.05, 4.69) is 0 Å². The first-order valence-electron chi connectivity index (χ1n) is 6.68. The van der Waals surface area contributed by atoms with Crippen molar-refractivity contribution in [3.63, 3.8) is 0 Å². The molecule has 4 nitrogen and oxygen atoms in total. The summed E-state index contributed by atoms with van der Waals surface area (Å²) < 4.78 is 5.56. The van der Waals surface area contributed by atoms with Crippen molar-refractivity contribution in [3.8, 4) is 5.75 Å². The molecule has 4 heteroatoms. The molecule has 1 amide bonds. The lowest BCUT2D eigenvalue weighted by Crippen LogP contribution is -2.44. The molecule has 0 aliphatic carbocycles. The number of nitrogens with zero attached hydrogens (tertiary/aromatic N) is 1. The van der Waals surface area contributed by atoms with E-state index in [0.717, 1.165) is 12.1 Å². The Morgan fingerprint density at radius 1 is 1.42 bits per heavy atom. The Kier molecular flexibility index (Phi) is 4.20. The molecule has 0 saturated carbocycles. The number of carbonyl (C=O) groups is 2. The van der Waals surface area contributed by atoms with E-state index < -0.39 is 5.92 Å². The number of amides is 1. The number of hydrogen-bond donors (Lipinski definition) is 0. The van der Waals surface area contributed by atoms with Gasteiger partial charge in [0.25, 0.3) is 0 Å². The smallest absolute Gasteiger partial charge is 0.237 e. The van der Waals surface area contributed by atoms with E-state index in [-0.39, 0.29) is 11.7 Å². The van der Waals surface area contributed by atoms with Gasteiger partial charge in [0, 0.05) is 6.54 Å². The lowest BCUT2D eigenvalue weighted by atomic mass is 9.93. The molecule has 1 heterocycles. The molecule has 1 aromatic rings. The number of ether oxygens (including phenoxy) is 1. The van der Waals surface area contributed by atoms with Crippen LogP contribution >= 0.6 is 0 Å². The summed E-state index contributed by atoms with van der Waals surface area (Å²) in [7, 11) is 0. The fourth-order valence-electron chi connectivity index (χ4n) is 2.45. The van der Waals surface area contributed by atoms with E-state index in [9.17, 15) is 9.59 Å². The van der Waals surface area contributed by atoms with E-state index >= 15 is 0 Å². The van der Waals surface area contributed by atoms with Crippen molar-refractivity contribution in [1.82, 2.24) is 0 Å². The summed E-state index contributed by atoms with van der Waals surface area (Å²) in [6, 6.07) is 7.47. The maximum atomic E-state index is 12.4. The van der Waals surface area contributed by atoms with Crippen molar-refractivity contribution in [1.29, 1.82) is 0 Å². The van der Waals surface area contributed by atoms with E-state index in [0.29, 0.717) is 25.3 Å². The number of piperidine rings is 1. The molecular weight excluding hydrogens is 242 g/mol. The average Bonchev–Trinajstić information content (AvgIpc) is 2.40. The van der Waals surface area contributed by atoms with E-state index in [1.165, 1.54) is 6.92 Å². The molecule has 1 atom stereocenters. The largest absolute Gasteiger partial charge is 0.492 e. The Labute approximate surface area is 113 Å². The van der Waals surface area contributed by atoms with Crippen LogP contribution in [0, 0.1) is 5.92 Å². The topological polar surface area (TPSA) is 46.6 Å². The Morgan fingerprint density at radius 3 is 2.84 bits per heavy atom. The molecule has 1 saturated heterocycles. The second kappa shape index (κ2) is 5.87. The highest BCUT2D eigenvalue weighted by Crippen LogP contribution is 2.32. The summed E-state index contributed by atoms with van der Waals surface area (Å²) in [5.41, 5.74) is 0.764. The van der Waals surface area contributed by atoms with Gasteiger partial charge < -0.3 is 9.64 Å². The molecule has 1 aliphatic heterocycles. The van der Waals surface area contributed by atoms with Crippen molar-refractivity contribution in [2.24, 2.45) is 5.92 Å². The SMILES string of the molecule is CCOc1ccccc1N1CCC[C@H](C(C)=O)C1=O. The minimum absolute atomic E-state index is 0.0522. The van der Waals surface area contributed by atoms with Gasteiger partial charge in [-0.2, -0.15) is 0 Å². The highest BCUT2D eigenvalue weighted by atomic mass is 16.5. The zero-order chi connectivity index (χ0) is 13.8. The van der Waals surface area contributed by atoms with Gasteiger partial charge in [-0.3, -0.25) is 9.59 Å². The van der Waals surface area contributed by atoms with Crippen molar-refractivity contribution in [2.45, 2.75) is 26.7 Å². The van der Waals surface area contributed by atoms with Gasteiger partial charge in [-0.05, 0) is 38.8 Å². The average molecular weight is 261 g/mol. The third-order valence-electron chi connectivity index (χ3n) is 3.39. The molecule has 102 valence electrons. The van der Waals surface area contributed by atoms with Crippen molar-refractivity contribution < 1.29 is 14.3 Å². The van der Waals surface area contributed by atoms with Gasteiger partial charge in [0.05, 0.1) is 18.2 Å². The molecule has 1 aliphatic rings. The van der Waals surface area contributed by atoms with Crippen LogP contribution in [0.2, 0.25) is 0 Å². The summed E-state index contributed by atoms with van der Waals surface area (Å²) >= 11 is 0. The fraction of sp³-hybridized carbons (Fsp3) is 0.467. The minimum Gasteiger partial charge on any atom is -0.492 e. The van der Waals surface area contributed by atoms with Gasteiger partial charge >= 0.3 is 0 Å². The van der Waals surface area contributed by atoms with E-state index in [4.69, 9.17) is 4.74 Å². The first-order valence-corrected chi connectivity index (χ1v) is 6.68. The van der Waals surface area contributed by atoms with Crippen LogP contribution in [0.1, 0.15) is 26.7 Å². The van der Waals surface area contributed by atoms with Gasteiger partial charge in [-0.25, -0.2) is 0 Å². The number of anilines is 1. The summed E-state index contributed by atoms with van der Waals surface area (Å²) in [4.78, 5) is 25.6. The second-order valence-corrected chi connectivity index (χ2v) is 4.70. The van der Waals surface area contributed by atoms with Crippen LogP contribution < -0.4 is 9.64 Å². The quantitative estimate of drug-likeness (QED) is 0.782. The summed E-state index contributed by atoms with van der Waals surface area (Å²) in [5.74, 6) is 0.0421. The zero-order valence-corrected chi connectivity index (χ0v) is 11.4. The Hall–Kier alpha value is -1.84. The Balaban J connectivity index is 2.30. The summed E-state index contributed by atoms with van der Waals surface area (Å²) in [6.45, 7) is 4.59. The molecule has 0 unspecified atom stereocenters. The molecule has 0 radical (unpaired) electrons. The molecule has 0 spiro atoms. The van der Waals surface area contributed by atoms with Crippen LogP contribution in [0.4, 0.5) is 5.69 Å². The third-order valence-corrected chi connectivity index (χ3v) is 3.39. The van der Waals surface area contributed by atoms with Gasteiger partial charge in [-0.1, -0.05) is 12.1 Å². The predicted octanol–water partition coefficient (Wildman–Crippen LogP) is 2.42. The van der Waals surface area contributed by atoms with Crippen LogP contribution in [0.15, 0.2) is 24.3 Å². The van der Waals surface area contributed by atoms with E-state index in [1.54, 1.807) is 4.90 Å². The zero-order valence-electron chi connectivity index (χ0n) is 11.4. The number of benzene rings is 1. The Morgan fingerprint density at radius 2 is 2.16 bits per heavy atom. The fourth-order valence-corrected chi connectivity index (χ4v) is 2.45. The van der Waals surface area contributed by atoms with Crippen LogP contribution in [-0.4, -0.2) is 24.8 Å². The lowest BCUT2D eigenvalue weighted by Gasteiger charge is -2.32. The number of Topliss-reactive ketones (excluding diaryl/α,β-unsaturated/α-hetero) is 1. The van der Waals surface area contributed by atoms with E-state index in [1.807, 2.05) is 31.2 Å². The van der Waals surface area contributed by atoms with Crippen LogP contribution in [0.5, 0.6) is 5.75 Å². The minimum atomic E-state index is -0.497. The van der Waals surface area contributed by atoms with Gasteiger partial charge in [-0.15, -0.1) is 0 Å². The molecule has 0 N–H and O–H groups in total. The number of para-hydroxylation sites is 2. The first kappa shape index (κ1) is 13.6. The predicted molar refractivity (Wildman–Crippen MR) is 73.4 cm³/mol. The summed E-state index contributed by atoms with van der Waals surface area (Å²) in [6.07, 6.45) is 1.50. The highest BCUT2D eigenvalue weighted by molar-refractivity contribution is 6.08. The molecule has 1 aromatic carbocycles. The van der Waals surface area contributed by atoms with Gasteiger partial charge in [0.1, 0.15) is 11.5 Å². The molecule has 0 aromatic heterocycles. The highest BCUT2D eigenvalue weighted by Gasteiger charge is 2.33. The molecule has 0 bridgehead atoms. The standard InChI is InChI=1S/C15H19NO3/c1-3-19-14-9-5-4-8-13(14)16-10-6-7-12(11(2)17)15(16)18/h4-5,8-9,12H,3,6-7,10H2,1-2H3/t12-/m1/s1. The maximum absolute atomic E-state index is 12.4. The van der Waals surface area contributed by atoms with Crippen molar-refractivity contribution in [2.75, 3.05) is 18.1 Å². The maximum Gasteiger partial charge on any atom is 0.237 e. The normalized spacial score (nSPS) is 19.4. The van der Waals surface area contributed by atoms with Crippen LogP contribution in [0.3, 0.4) is 0 Å². The summed E-state index contributed by atoms with van der Waals surface area (Å²) in [5, 5.41) is 0. The molecule has 19 heavy (non-hydrogen) atoms. The first-order chi connectivity index (χ1) is 9.15. The third kappa shape index (κ3) is 2.78. The monoisotopic (exact) mass is 261 g/mol. The number of rotatable bonds is 4. The lowest BCUT2D eigenvalue weighted by molar-refractivity contribution is -0.132. The van der Waals surface area contributed by atoms with Gasteiger partial charge in [0.2, 0.25) is 5.91 Å². The number of hydrogen-bond acceptors (Lipinski definition) is 3. The number of ketones is 1. The Bertz CT molecular complexity index is 484. The molecular formula is C15H19NO3. The van der Waals surface area contributed by atoms with Crippen molar-refractivity contribution >= 4 is 17.4 Å². The van der Waals surface area contributed by atoms with Gasteiger partial charge in [0.15, 0.2) is 0 Å². The van der Waals surface area contributed by atoms with Crippen LogP contribution in [-0.2, 0) is 9.59 Å². The second-order valence-electron chi connectivity index (χ2n) is 4.70. The van der Waals surface area contributed by atoms with Crippen molar-refractivity contribution in [3.05, 3.63) is 24.3 Å². The molecule has 2 rings (SSSR count). The van der Waals surface area contributed by atoms with Crippen LogP contribution in [0.25, 0.3) is 0 Å².